The number of para-hydroxylation sites is 1. The largest absolute Gasteiger partial charge is 0.481 e. The van der Waals surface area contributed by atoms with Gasteiger partial charge in [0.05, 0.1) is 97.5 Å². The first kappa shape index (κ1) is 115. The second kappa shape index (κ2) is 48.9. The maximum absolute atomic E-state index is 12.3. The summed E-state index contributed by atoms with van der Waals surface area (Å²) in [4.78, 5) is 66.2. The molecule has 0 amide bonds. The molecule has 0 aliphatic heterocycles. The molecule has 14 rings (SSSR count). The van der Waals surface area contributed by atoms with Gasteiger partial charge < -0.3 is 20.6 Å². The van der Waals surface area contributed by atoms with Gasteiger partial charge in [0.25, 0.3) is 0 Å². The number of benzene rings is 1. The minimum absolute atomic E-state index is 0.0207. The third-order valence-corrected chi connectivity index (χ3v) is 21.0. The summed E-state index contributed by atoms with van der Waals surface area (Å²) in [5.74, 6) is 1.17. The number of allylic oxidation sites excluding steroid dienone is 1. The van der Waals surface area contributed by atoms with Crippen LogP contribution in [0.4, 0.5) is 19.0 Å². The van der Waals surface area contributed by atoms with Crippen LogP contribution in [0.5, 0.6) is 5.88 Å². The first-order valence-corrected chi connectivity index (χ1v) is 45.8. The first-order valence-electron chi connectivity index (χ1n) is 44.6. The number of rotatable bonds is 2. The van der Waals surface area contributed by atoms with E-state index in [-0.39, 0.29) is 66.2 Å². The predicted octanol–water partition coefficient (Wildman–Crippen LogP) is 26.8. The highest BCUT2D eigenvalue weighted by Gasteiger charge is 2.34. The summed E-state index contributed by atoms with van der Waals surface area (Å²) in [6.45, 7) is 71.2. The van der Waals surface area contributed by atoms with Crippen molar-refractivity contribution in [3.8, 4) is 18.0 Å². The van der Waals surface area contributed by atoms with E-state index >= 15 is 0 Å². The van der Waals surface area contributed by atoms with Crippen LogP contribution in [0.1, 0.15) is 330 Å². The topological polar surface area (TPSA) is 312 Å². The number of H-pyrrole nitrogens is 1. The zero-order chi connectivity index (χ0) is 102. The number of fused-ring (bicyclic) bond motifs is 3. The average molecular weight is 1870 g/mol. The fourth-order valence-corrected chi connectivity index (χ4v) is 12.8. The molecule has 12 aromatic heterocycles. The van der Waals surface area contributed by atoms with Gasteiger partial charge in [-0.05, 0) is 91.3 Å². The number of anilines is 1. The molecule has 0 bridgehead atoms. The molecule has 4 N–H and O–H groups in total. The smallest absolute Gasteiger partial charge is 0.433 e. The highest BCUT2D eigenvalue weighted by Crippen LogP contribution is 2.35. The van der Waals surface area contributed by atoms with Gasteiger partial charge in [-0.25, -0.2) is 39.9 Å². The van der Waals surface area contributed by atoms with Gasteiger partial charge in [-0.2, -0.15) is 23.7 Å². The summed E-state index contributed by atoms with van der Waals surface area (Å²) < 4.78 is 43.2. The van der Waals surface area contributed by atoms with E-state index in [1.54, 1.807) is 98.9 Å². The second-order valence-corrected chi connectivity index (χ2v) is 44.8. The van der Waals surface area contributed by atoms with Gasteiger partial charge in [0, 0.05) is 166 Å². The lowest BCUT2D eigenvalue weighted by molar-refractivity contribution is -0.141. The Morgan fingerprint density at radius 3 is 1.44 bits per heavy atom. The molecular weight excluding hydrogens is 1720 g/mol. The molecule has 0 radical (unpaired) electrons. The Bertz CT molecular complexity index is 5800. The van der Waals surface area contributed by atoms with Crippen LogP contribution in [0.25, 0.3) is 27.3 Å². The van der Waals surface area contributed by atoms with Crippen LogP contribution in [0.2, 0.25) is 5.02 Å². The minimum atomic E-state index is -4.36. The van der Waals surface area contributed by atoms with Crippen molar-refractivity contribution in [1.29, 1.82) is 10.5 Å². The molecule has 1 aromatic carbocycles. The number of nitrogen functional groups attached to an aromatic ring is 1. The van der Waals surface area contributed by atoms with Gasteiger partial charge in [0.2, 0.25) is 5.88 Å². The van der Waals surface area contributed by atoms with E-state index in [0.29, 0.717) is 28.5 Å². The van der Waals surface area contributed by atoms with E-state index in [2.05, 4.69) is 330 Å². The Labute approximate surface area is 805 Å². The molecule has 21 nitrogen and oxygen atoms in total. The number of aliphatic hydroxyl groups is 1. The maximum Gasteiger partial charge on any atom is 0.433 e. The third-order valence-electron chi connectivity index (χ3n) is 19.3. The normalized spacial score (nSPS) is 12.0. The number of thiazole rings is 1. The summed E-state index contributed by atoms with van der Waals surface area (Å²) >= 11 is 7.60. The summed E-state index contributed by atoms with van der Waals surface area (Å²) in [5, 5.41) is 28.3. The Morgan fingerprint density at radius 1 is 0.440 bits per heavy atom. The predicted molar refractivity (Wildman–Crippen MR) is 545 cm³/mol. The van der Waals surface area contributed by atoms with Crippen LogP contribution in [0.3, 0.4) is 0 Å². The van der Waals surface area contributed by atoms with Crippen molar-refractivity contribution < 1.29 is 23.0 Å². The number of aromatic nitrogens is 16. The number of aryl methyl sites for hydroxylation is 1. The van der Waals surface area contributed by atoms with Crippen molar-refractivity contribution in [2.75, 3.05) is 12.8 Å². The fourth-order valence-electron chi connectivity index (χ4n) is 11.6. The molecule has 0 spiro atoms. The van der Waals surface area contributed by atoms with Crippen molar-refractivity contribution in [3.05, 3.63) is 296 Å². The summed E-state index contributed by atoms with van der Waals surface area (Å²) in [7, 11) is 1.63. The molecule has 13 aromatic rings. The number of nitrogens with two attached hydrogens (primary N) is 1. The fraction of sp³-hybridized carbons (Fsp3) is 0.454. The molecule has 1 aliphatic carbocycles. The second-order valence-electron chi connectivity index (χ2n) is 43.3. The van der Waals surface area contributed by atoms with E-state index in [4.69, 9.17) is 37.7 Å². The van der Waals surface area contributed by atoms with Crippen LogP contribution < -0.4 is 10.5 Å². The Balaban J connectivity index is 0.000000308. The molecule has 134 heavy (non-hydrogen) atoms. The van der Waals surface area contributed by atoms with E-state index in [1.165, 1.54) is 27.0 Å². The number of nitrogens with zero attached hydrogens (tertiary/aromatic N) is 17. The van der Waals surface area contributed by atoms with Crippen molar-refractivity contribution >= 4 is 56.1 Å². The first-order chi connectivity index (χ1) is 61.6. The Kier molecular flexibility index (Phi) is 41.8. The minimum Gasteiger partial charge on any atom is -0.481 e. The highest BCUT2D eigenvalue weighted by atomic mass is 35.5. The number of hydrogen-bond donors (Lipinski definition) is 3. The van der Waals surface area contributed by atoms with Gasteiger partial charge in [0.1, 0.15) is 30.2 Å². The molecular formula is C108H145ClF3N19O2S. The molecule has 0 atom stereocenters. The SMILES string of the molecule is CC(C)(C)c1cc(C#N)ccn1.CC(C)(C)c1cc(Cl)ccn1.CC(C)(C)c1ccc(CO)cn1.CC(C)(C)c1cccc(C(F)(F)F)n1.CC(C)(C)c1cncc(N)n1.CC(C)(C)c1cnccn1.CC(C)(C)c1nc2ccccc2s1.CC(C)(C)c1ncnc2c1C=CC2.CC(C)(C)c1ncnc2cc[nH]c12.COc1cccc(C(C)(C)C)n1.Cc1ccc(C#N)c(C(C)(C)C)n1. The lowest BCUT2D eigenvalue weighted by atomic mass is 9.88. The van der Waals surface area contributed by atoms with Crippen LogP contribution in [-0.4, -0.2) is 92.0 Å². The van der Waals surface area contributed by atoms with Crippen molar-refractivity contribution in [2.45, 2.75) is 314 Å². The molecule has 0 saturated heterocycles. The van der Waals surface area contributed by atoms with Crippen LogP contribution >= 0.6 is 22.9 Å². The zero-order valence-corrected chi connectivity index (χ0v) is 87.4. The van der Waals surface area contributed by atoms with E-state index in [9.17, 15) is 13.2 Å². The van der Waals surface area contributed by atoms with Crippen molar-refractivity contribution in [3.63, 3.8) is 0 Å². The van der Waals surface area contributed by atoms with Gasteiger partial charge in [-0.3, -0.25) is 34.9 Å². The number of aliphatic hydroxyl groups excluding tert-OH is 1. The molecule has 0 saturated carbocycles. The molecule has 12 heterocycles. The van der Waals surface area contributed by atoms with Gasteiger partial charge >= 0.3 is 6.18 Å². The third kappa shape index (κ3) is 39.4. The summed E-state index contributed by atoms with van der Waals surface area (Å²) in [6, 6.07) is 39.2. The maximum atomic E-state index is 12.3. The summed E-state index contributed by atoms with van der Waals surface area (Å²) in [5.41, 5.74) is 23.4. The number of halogens is 4. The van der Waals surface area contributed by atoms with Gasteiger partial charge in [-0.15, -0.1) is 11.3 Å². The van der Waals surface area contributed by atoms with Crippen LogP contribution in [0, 0.1) is 29.6 Å². The number of nitrogens with one attached hydrogen (secondary N) is 1. The lowest BCUT2D eigenvalue weighted by Gasteiger charge is -2.19. The van der Waals surface area contributed by atoms with Crippen LogP contribution in [0.15, 0.2) is 190 Å². The van der Waals surface area contributed by atoms with E-state index < -0.39 is 11.9 Å². The molecule has 26 heteroatoms. The standard InChI is InChI=1S/2C11H14N2.C11H13NS.C10H12F3N.C10H13N3.C10H12N2.2C10H15NO.C9H12ClN.C8H13N3.C8H12N2/c1-11(2,3)10-8-5-4-6-9(8)12-7-13-10;1-8-5-6-9(7-12)10(13-8)11(2,3)4;1-11(2,3)10-12-8-6-4-5-7-9(8)13-10;1-9(2,3)7-5-4-6-8(14-7)10(11,12)13;1-10(2,3)9-8-7(4-5-11-8)12-6-13-9;1-10(2,3)9-6-8(7-11)4-5-12-9;1-10(2,3)8-6-5-7-9(11-8)12-4;1-10(2,3)9-5-4-8(7-12)6-11-9;1-9(2,3)8-6-7(10)4-5-11-8;1-8(2,3)6-4-10-5-7(9)11-6;1-8(2,3)7-6-9-4-5-10-7/h4-5,7H,6H2,1-3H3;5-6H,1-4H3;4-7H,1-3H3;4-6H,1-3H3;4-6,11H,1-3H3;4-6H,1-3H3;5-7H,1-4H3;4-6,12H,7H2,1-3H3;4-6H,1-3H3;4-5H,1-3H3,(H2,9,11);4-6H,1-3H3. The van der Waals surface area contributed by atoms with E-state index in [1.807, 2.05) is 101 Å². The summed E-state index contributed by atoms with van der Waals surface area (Å²) in [6.07, 6.45) is 19.7. The average Bonchev–Trinajstić information content (AvgIpc) is 1.63. The number of nitriles is 2. The zero-order valence-electron chi connectivity index (χ0n) is 85.8. The number of alkyl halides is 3. The molecule has 1 aliphatic rings. The van der Waals surface area contributed by atoms with Crippen LogP contribution in [-0.2, 0) is 78.8 Å². The molecule has 718 valence electrons. The molecule has 0 fully saturated rings. The van der Waals surface area contributed by atoms with Crippen molar-refractivity contribution in [2.24, 2.45) is 0 Å². The monoisotopic (exact) mass is 1860 g/mol. The quantitative estimate of drug-likeness (QED) is 0.145. The number of aromatic amines is 1. The van der Waals surface area contributed by atoms with Crippen molar-refractivity contribution in [1.82, 2.24) is 79.7 Å². The Morgan fingerprint density at radius 2 is 0.970 bits per heavy atom. The number of hydrogen-bond acceptors (Lipinski definition) is 21. The molecule has 0 unspecified atom stereocenters. The van der Waals surface area contributed by atoms with Gasteiger partial charge in [-0.1, -0.05) is 283 Å². The number of pyridine rings is 6. The highest BCUT2D eigenvalue weighted by molar-refractivity contribution is 7.18. The number of ether oxygens (including phenoxy) is 1. The lowest BCUT2D eigenvalue weighted by Crippen LogP contribution is -2.17. The van der Waals surface area contributed by atoms with Gasteiger partial charge in [0.15, 0.2) is 0 Å². The Hall–Kier alpha value is -11.8. The number of methoxy groups -OCH3 is 1. The van der Waals surface area contributed by atoms with E-state index in [0.717, 1.165) is 96.6 Å².